The van der Waals surface area contributed by atoms with Crippen molar-refractivity contribution in [3.05, 3.63) is 52.9 Å². The molecule has 4 heteroatoms. The molecule has 0 saturated carbocycles. The minimum Gasteiger partial charge on any atom is -0.424 e. The predicted octanol–water partition coefficient (Wildman–Crippen LogP) is 1.96. The lowest BCUT2D eigenvalue weighted by Crippen LogP contribution is -2.19. The van der Waals surface area contributed by atoms with Gasteiger partial charge in [0.2, 0.25) is 0 Å². The van der Waals surface area contributed by atoms with Crippen LogP contribution in [0.3, 0.4) is 0 Å². The maximum Gasteiger partial charge on any atom is 0.292 e. The molecular weight excluding hydrogens is 256 g/mol. The van der Waals surface area contributed by atoms with Crippen LogP contribution in [0.5, 0.6) is 0 Å². The number of fused-ring (bicyclic) bond motifs is 2. The van der Waals surface area contributed by atoms with Gasteiger partial charge in [-0.1, -0.05) is 24.3 Å². The van der Waals surface area contributed by atoms with Gasteiger partial charge < -0.3 is 10.2 Å². The minimum absolute atomic E-state index is 0.225. The van der Waals surface area contributed by atoms with E-state index in [-0.39, 0.29) is 6.01 Å². The van der Waals surface area contributed by atoms with Gasteiger partial charge in [-0.05, 0) is 44.3 Å². The van der Waals surface area contributed by atoms with Crippen molar-refractivity contribution in [3.8, 4) is 0 Å². The van der Waals surface area contributed by atoms with E-state index >= 15 is 0 Å². The first kappa shape index (κ1) is 10.7. The van der Waals surface area contributed by atoms with Crippen molar-refractivity contribution in [2.75, 3.05) is 5.73 Å². The average molecular weight is 268 g/mol. The summed E-state index contributed by atoms with van der Waals surface area (Å²) in [7, 11) is -0.404. The summed E-state index contributed by atoms with van der Waals surface area (Å²) in [5.41, 5.74) is 7.15. The number of nitrogens with two attached hydrogens (primary N) is 1. The third-order valence-corrected chi connectivity index (χ3v) is 5.23. The molecule has 0 fully saturated rings. The lowest BCUT2D eigenvalue weighted by Gasteiger charge is -2.09. The third-order valence-electron chi connectivity index (χ3n) is 3.24. The summed E-state index contributed by atoms with van der Waals surface area (Å²) >= 11 is 0. The highest BCUT2D eigenvalue weighted by atomic mass is 32.2. The van der Waals surface area contributed by atoms with Crippen molar-refractivity contribution in [2.45, 2.75) is 4.90 Å². The molecule has 3 nitrogen and oxygen atoms in total. The molecule has 19 heavy (non-hydrogen) atoms. The van der Waals surface area contributed by atoms with Crippen LogP contribution >= 0.6 is 10.9 Å². The number of hydrogen-bond acceptors (Lipinski definition) is 3. The Kier molecular flexibility index (Phi) is 2.19. The number of thiol groups is 1. The number of aromatic nitrogens is 1. The summed E-state index contributed by atoms with van der Waals surface area (Å²) in [6.45, 7) is 0. The van der Waals surface area contributed by atoms with E-state index in [0.717, 1.165) is 11.1 Å². The molecule has 0 atom stereocenters. The number of nitrogens with zero attached hydrogens (tertiary/aromatic N) is 1. The second kappa shape index (κ2) is 3.90. The molecule has 2 heterocycles. The minimum atomic E-state index is -0.404. The molecule has 0 bridgehead atoms. The van der Waals surface area contributed by atoms with Gasteiger partial charge in [0.05, 0.1) is 0 Å². The second-order valence-corrected chi connectivity index (χ2v) is 6.35. The molecule has 1 aromatic heterocycles. The Hall–Kier alpha value is -2.20. The molecule has 0 saturated heterocycles. The zero-order valence-electron chi connectivity index (χ0n) is 10.1. The number of oxazole rings is 1. The molecule has 4 rings (SSSR count). The van der Waals surface area contributed by atoms with Gasteiger partial charge >= 0.3 is 0 Å². The Labute approximate surface area is 112 Å². The number of anilines is 1. The van der Waals surface area contributed by atoms with Crippen molar-refractivity contribution in [2.24, 2.45) is 0 Å². The van der Waals surface area contributed by atoms with Gasteiger partial charge in [0.1, 0.15) is 5.52 Å². The van der Waals surface area contributed by atoms with Crippen molar-refractivity contribution in [1.82, 2.24) is 4.98 Å². The monoisotopic (exact) mass is 268 g/mol. The van der Waals surface area contributed by atoms with E-state index in [9.17, 15) is 0 Å². The van der Waals surface area contributed by atoms with Crippen LogP contribution in [0.4, 0.5) is 6.01 Å². The summed E-state index contributed by atoms with van der Waals surface area (Å²) in [6, 6.07) is 14.8. The molecule has 1 aliphatic rings. The Bertz CT molecular complexity index is 863. The van der Waals surface area contributed by atoms with Crippen molar-refractivity contribution in [3.63, 3.8) is 0 Å². The van der Waals surface area contributed by atoms with E-state index in [1.807, 2.05) is 6.07 Å². The Morgan fingerprint density at radius 2 is 1.74 bits per heavy atom. The Morgan fingerprint density at radius 1 is 1.00 bits per heavy atom. The molecule has 0 unspecified atom stereocenters. The van der Waals surface area contributed by atoms with Gasteiger partial charge in [-0.15, -0.1) is 0 Å². The highest BCUT2D eigenvalue weighted by Gasteiger charge is 2.09. The first-order valence-corrected chi connectivity index (χ1v) is 7.51. The SMILES string of the molecule is Nc1nc2cc([SH]3C=c4ccccc4=C3)ccc2o1. The van der Waals surface area contributed by atoms with Crippen molar-refractivity contribution in [1.29, 1.82) is 0 Å². The van der Waals surface area contributed by atoms with Crippen molar-refractivity contribution < 1.29 is 4.42 Å². The molecule has 2 aromatic carbocycles. The number of hydrogen-bond donors (Lipinski definition) is 2. The summed E-state index contributed by atoms with van der Waals surface area (Å²) in [6.07, 6.45) is 0. The Balaban J connectivity index is 1.86. The van der Waals surface area contributed by atoms with Gasteiger partial charge in [0.15, 0.2) is 5.58 Å². The fourth-order valence-electron chi connectivity index (χ4n) is 2.33. The van der Waals surface area contributed by atoms with Crippen LogP contribution in [0.25, 0.3) is 21.9 Å². The van der Waals surface area contributed by atoms with Crippen LogP contribution < -0.4 is 16.2 Å². The fourth-order valence-corrected chi connectivity index (χ4v) is 4.29. The molecule has 0 radical (unpaired) electrons. The van der Waals surface area contributed by atoms with E-state index in [2.05, 4.69) is 52.2 Å². The highest BCUT2D eigenvalue weighted by Crippen LogP contribution is 2.41. The van der Waals surface area contributed by atoms with E-state index < -0.39 is 10.9 Å². The van der Waals surface area contributed by atoms with Gasteiger partial charge in [0, 0.05) is 0 Å². The molecule has 0 amide bonds. The third kappa shape index (κ3) is 1.72. The largest absolute Gasteiger partial charge is 0.424 e. The number of rotatable bonds is 1. The average Bonchev–Trinajstić information content (AvgIpc) is 2.99. The van der Waals surface area contributed by atoms with Crippen molar-refractivity contribution >= 4 is 38.8 Å². The van der Waals surface area contributed by atoms with Gasteiger partial charge in [-0.2, -0.15) is 15.9 Å². The summed E-state index contributed by atoms with van der Waals surface area (Å²) in [4.78, 5) is 5.46. The Morgan fingerprint density at radius 3 is 2.47 bits per heavy atom. The van der Waals surface area contributed by atoms with Crippen LogP contribution in [-0.4, -0.2) is 4.98 Å². The lowest BCUT2D eigenvalue weighted by molar-refractivity contribution is 0.626. The predicted molar refractivity (Wildman–Crippen MR) is 80.3 cm³/mol. The zero-order valence-corrected chi connectivity index (χ0v) is 11.0. The van der Waals surface area contributed by atoms with Gasteiger partial charge in [-0.25, -0.2) is 0 Å². The standard InChI is InChI=1S/C15H12N2OS/c16-15-17-13-7-12(5-6-14(13)18-15)19-8-10-3-1-2-4-11(10)9-19/h1-9,19H,(H2,16,17). The fraction of sp³-hybridized carbons (Fsp3) is 0. The molecule has 2 N–H and O–H groups in total. The van der Waals surface area contributed by atoms with E-state index in [1.54, 1.807) is 0 Å². The summed E-state index contributed by atoms with van der Waals surface area (Å²) in [5, 5.41) is 7.28. The van der Waals surface area contributed by atoms with Gasteiger partial charge in [0.25, 0.3) is 6.01 Å². The highest BCUT2D eigenvalue weighted by molar-refractivity contribution is 8.30. The molecule has 94 valence electrons. The van der Waals surface area contributed by atoms with Crippen LogP contribution in [0.2, 0.25) is 0 Å². The van der Waals surface area contributed by atoms with Gasteiger partial charge in [-0.3, -0.25) is 0 Å². The summed E-state index contributed by atoms with van der Waals surface area (Å²) in [5.74, 6) is 0. The molecular formula is C15H12N2OS. The molecule has 0 aliphatic carbocycles. The maximum absolute atomic E-state index is 5.57. The maximum atomic E-state index is 5.57. The first-order valence-electron chi connectivity index (χ1n) is 6.03. The van der Waals surface area contributed by atoms with E-state index in [0.29, 0.717) is 0 Å². The number of benzene rings is 2. The molecule has 3 aromatic rings. The summed E-state index contributed by atoms with van der Waals surface area (Å²) < 4.78 is 5.30. The van der Waals surface area contributed by atoms with Crippen LogP contribution in [0, 0.1) is 0 Å². The van der Waals surface area contributed by atoms with Crippen LogP contribution in [0.15, 0.2) is 51.8 Å². The van der Waals surface area contributed by atoms with E-state index in [1.165, 1.54) is 15.3 Å². The topological polar surface area (TPSA) is 52.0 Å². The quantitative estimate of drug-likeness (QED) is 0.663. The number of nitrogen functional groups attached to an aromatic ring is 1. The van der Waals surface area contributed by atoms with Crippen LogP contribution in [-0.2, 0) is 0 Å². The van der Waals surface area contributed by atoms with E-state index in [4.69, 9.17) is 10.2 Å². The zero-order chi connectivity index (χ0) is 12.8. The smallest absolute Gasteiger partial charge is 0.292 e. The first-order chi connectivity index (χ1) is 9.29. The lowest BCUT2D eigenvalue weighted by atomic mass is 10.3. The normalized spacial score (nSPS) is 15.1. The molecule has 0 spiro atoms. The van der Waals surface area contributed by atoms with Crippen LogP contribution in [0.1, 0.15) is 0 Å². The second-order valence-electron chi connectivity index (χ2n) is 4.50. The molecule has 1 aliphatic heterocycles.